The van der Waals surface area contributed by atoms with Gasteiger partial charge in [-0.2, -0.15) is 0 Å². The topological polar surface area (TPSA) is 35.2 Å². The fourth-order valence-corrected chi connectivity index (χ4v) is 0.201. The summed E-state index contributed by atoms with van der Waals surface area (Å²) >= 11 is 0. The lowest BCUT2D eigenvalue weighted by molar-refractivity contribution is 0.0856. The Hall–Kier alpha value is -0.680. The van der Waals surface area contributed by atoms with E-state index in [2.05, 4.69) is 6.11 Å². The van der Waals surface area contributed by atoms with Gasteiger partial charge >= 0.3 is 0 Å². The van der Waals surface area contributed by atoms with Crippen LogP contribution in [0.3, 0.4) is 0 Å². The third kappa shape index (κ3) is 2.49. The van der Waals surface area contributed by atoms with Crippen LogP contribution in [0.5, 0.6) is 0 Å². The van der Waals surface area contributed by atoms with Crippen LogP contribution >= 0.6 is 0 Å². The molecule has 0 aliphatic rings. The van der Waals surface area contributed by atoms with Gasteiger partial charge in [0.1, 0.15) is 11.7 Å². The highest BCUT2D eigenvalue weighted by Gasteiger charge is 2.14. The van der Waals surface area contributed by atoms with Crippen LogP contribution in [0.25, 0.3) is 0 Å². The SMILES string of the molecule is C#COC(C)(C)CN. The summed E-state index contributed by atoms with van der Waals surface area (Å²) in [6, 6.07) is 0. The van der Waals surface area contributed by atoms with Gasteiger partial charge in [0.2, 0.25) is 0 Å². The largest absolute Gasteiger partial charge is 0.439 e. The van der Waals surface area contributed by atoms with E-state index >= 15 is 0 Å². The number of ether oxygens (including phenoxy) is 1. The van der Waals surface area contributed by atoms with Gasteiger partial charge < -0.3 is 10.5 Å². The third-order valence-electron chi connectivity index (χ3n) is 0.827. The predicted molar refractivity (Wildman–Crippen MR) is 33.1 cm³/mol. The van der Waals surface area contributed by atoms with Crippen molar-refractivity contribution in [1.82, 2.24) is 0 Å². The van der Waals surface area contributed by atoms with Crippen LogP contribution in [0.1, 0.15) is 13.8 Å². The maximum Gasteiger partial charge on any atom is 0.127 e. The van der Waals surface area contributed by atoms with E-state index in [0.717, 1.165) is 0 Å². The monoisotopic (exact) mass is 113 g/mol. The lowest BCUT2D eigenvalue weighted by Crippen LogP contribution is -2.32. The van der Waals surface area contributed by atoms with E-state index < -0.39 is 0 Å². The standard InChI is InChI=1S/C6H11NO/c1-4-8-6(2,3)5-7/h1H,5,7H2,2-3H3. The van der Waals surface area contributed by atoms with Crippen molar-refractivity contribution in [2.75, 3.05) is 6.54 Å². The number of terminal acetylenes is 1. The molecular weight excluding hydrogens is 102 g/mol. The number of hydrogen-bond donors (Lipinski definition) is 1. The number of rotatable bonds is 2. The van der Waals surface area contributed by atoms with Gasteiger partial charge in [0.25, 0.3) is 0 Å². The molecule has 0 bridgehead atoms. The van der Waals surface area contributed by atoms with E-state index in [-0.39, 0.29) is 5.60 Å². The molecule has 0 aliphatic heterocycles. The molecule has 0 aromatic carbocycles. The molecule has 0 spiro atoms. The van der Waals surface area contributed by atoms with Gasteiger partial charge in [-0.1, -0.05) is 6.42 Å². The van der Waals surface area contributed by atoms with Crippen LogP contribution in [0.4, 0.5) is 0 Å². The first kappa shape index (κ1) is 7.32. The van der Waals surface area contributed by atoms with Gasteiger partial charge in [-0.25, -0.2) is 0 Å². The lowest BCUT2D eigenvalue weighted by atomic mass is 10.1. The fraction of sp³-hybridized carbons (Fsp3) is 0.667. The van der Waals surface area contributed by atoms with Crippen molar-refractivity contribution < 1.29 is 4.74 Å². The highest BCUT2D eigenvalue weighted by molar-refractivity contribution is 4.79. The second kappa shape index (κ2) is 2.58. The van der Waals surface area contributed by atoms with Crippen LogP contribution in [-0.2, 0) is 4.74 Å². The van der Waals surface area contributed by atoms with Crippen LogP contribution in [0, 0.1) is 12.5 Å². The molecule has 0 aromatic heterocycles. The van der Waals surface area contributed by atoms with Crippen LogP contribution in [-0.4, -0.2) is 12.1 Å². The summed E-state index contributed by atoms with van der Waals surface area (Å²) in [5.41, 5.74) is 4.91. The average molecular weight is 113 g/mol. The molecule has 0 fully saturated rings. The Labute approximate surface area is 50.0 Å². The summed E-state index contributed by atoms with van der Waals surface area (Å²) in [6.07, 6.45) is 6.94. The number of hydrogen-bond acceptors (Lipinski definition) is 2. The molecule has 0 saturated carbocycles. The summed E-state index contributed by atoms with van der Waals surface area (Å²) in [4.78, 5) is 0. The van der Waals surface area contributed by atoms with Gasteiger partial charge in [0.15, 0.2) is 0 Å². The minimum atomic E-state index is -0.366. The van der Waals surface area contributed by atoms with Crippen molar-refractivity contribution in [3.63, 3.8) is 0 Å². The minimum absolute atomic E-state index is 0.366. The molecule has 0 heterocycles. The smallest absolute Gasteiger partial charge is 0.127 e. The Morgan fingerprint density at radius 2 is 2.25 bits per heavy atom. The molecule has 0 amide bonds. The summed E-state index contributed by atoms with van der Waals surface area (Å²) < 4.78 is 4.78. The van der Waals surface area contributed by atoms with E-state index in [4.69, 9.17) is 16.9 Å². The minimum Gasteiger partial charge on any atom is -0.439 e. The Morgan fingerprint density at radius 3 is 2.38 bits per heavy atom. The molecule has 46 valence electrons. The normalized spacial score (nSPS) is 10.2. The van der Waals surface area contributed by atoms with Crippen LogP contribution in [0.2, 0.25) is 0 Å². The second-order valence-corrected chi connectivity index (χ2v) is 2.18. The van der Waals surface area contributed by atoms with Crippen molar-refractivity contribution in [2.24, 2.45) is 5.73 Å². The second-order valence-electron chi connectivity index (χ2n) is 2.18. The van der Waals surface area contributed by atoms with Crippen molar-refractivity contribution in [3.8, 4) is 12.5 Å². The Morgan fingerprint density at radius 1 is 1.75 bits per heavy atom. The van der Waals surface area contributed by atoms with Crippen LogP contribution in [0.15, 0.2) is 0 Å². The summed E-state index contributed by atoms with van der Waals surface area (Å²) in [5.74, 6) is 0. The highest BCUT2D eigenvalue weighted by atomic mass is 16.5. The average Bonchev–Trinajstić information content (AvgIpc) is 1.67. The van der Waals surface area contributed by atoms with Crippen molar-refractivity contribution in [2.45, 2.75) is 19.4 Å². The molecule has 2 N–H and O–H groups in total. The van der Waals surface area contributed by atoms with Gasteiger partial charge in [-0.3, -0.25) is 0 Å². The maximum absolute atomic E-state index is 5.27. The Bertz CT molecular complexity index is 102. The first-order chi connectivity index (χ1) is 3.62. The maximum atomic E-state index is 5.27. The lowest BCUT2D eigenvalue weighted by Gasteiger charge is -2.18. The van der Waals surface area contributed by atoms with Crippen LogP contribution < -0.4 is 5.73 Å². The van der Waals surface area contributed by atoms with Gasteiger partial charge in [-0.15, -0.1) is 0 Å². The summed E-state index contributed by atoms with van der Waals surface area (Å²) in [5, 5.41) is 0. The van der Waals surface area contributed by atoms with Gasteiger partial charge in [0, 0.05) is 6.54 Å². The molecule has 0 aromatic rings. The quantitative estimate of drug-likeness (QED) is 0.524. The van der Waals surface area contributed by atoms with E-state index in [1.54, 1.807) is 0 Å². The van der Waals surface area contributed by atoms with Gasteiger partial charge in [-0.05, 0) is 13.8 Å². The predicted octanol–water partition coefficient (Wildman–Crippen LogP) is 0.331. The highest BCUT2D eigenvalue weighted by Crippen LogP contribution is 2.03. The zero-order chi connectivity index (χ0) is 6.62. The zero-order valence-electron chi connectivity index (χ0n) is 5.27. The molecule has 2 heteroatoms. The molecule has 8 heavy (non-hydrogen) atoms. The molecule has 0 saturated heterocycles. The first-order valence-electron chi connectivity index (χ1n) is 2.46. The van der Waals surface area contributed by atoms with Crippen molar-refractivity contribution >= 4 is 0 Å². The van der Waals surface area contributed by atoms with E-state index in [1.165, 1.54) is 0 Å². The number of nitrogens with two attached hydrogens (primary N) is 1. The third-order valence-corrected chi connectivity index (χ3v) is 0.827. The molecule has 0 unspecified atom stereocenters. The van der Waals surface area contributed by atoms with Gasteiger partial charge in [0.05, 0.1) is 0 Å². The van der Waals surface area contributed by atoms with E-state index in [1.807, 2.05) is 13.8 Å². The van der Waals surface area contributed by atoms with E-state index in [0.29, 0.717) is 6.54 Å². The zero-order valence-corrected chi connectivity index (χ0v) is 5.27. The molecule has 0 rings (SSSR count). The Kier molecular flexibility index (Phi) is 2.36. The van der Waals surface area contributed by atoms with Crippen molar-refractivity contribution in [1.29, 1.82) is 0 Å². The van der Waals surface area contributed by atoms with E-state index in [9.17, 15) is 0 Å². The summed E-state index contributed by atoms with van der Waals surface area (Å²) in [6.45, 7) is 4.12. The Balaban J connectivity index is 3.58. The molecule has 0 atom stereocenters. The molecule has 0 aliphatic carbocycles. The first-order valence-corrected chi connectivity index (χ1v) is 2.46. The molecular formula is C6H11NO. The fourth-order valence-electron chi connectivity index (χ4n) is 0.201. The molecule has 2 nitrogen and oxygen atoms in total. The molecule has 0 radical (unpaired) electrons. The van der Waals surface area contributed by atoms with Crippen molar-refractivity contribution in [3.05, 3.63) is 0 Å². The summed E-state index contributed by atoms with van der Waals surface area (Å²) in [7, 11) is 0.